The van der Waals surface area contributed by atoms with Crippen molar-refractivity contribution >= 4 is 8.80 Å². The van der Waals surface area contributed by atoms with Crippen molar-refractivity contribution in [2.24, 2.45) is 11.8 Å². The first-order chi connectivity index (χ1) is 16.7. The van der Waals surface area contributed by atoms with Crippen molar-refractivity contribution in [1.29, 1.82) is 0 Å². The molecule has 2 fully saturated rings. The first-order valence-corrected chi connectivity index (χ1v) is 17.0. The van der Waals surface area contributed by atoms with Gasteiger partial charge >= 0.3 is 0 Å². The lowest BCUT2D eigenvalue weighted by molar-refractivity contribution is 0.280. The second kappa shape index (κ2) is 13.5. The number of benzene rings is 2. The lowest BCUT2D eigenvalue weighted by Gasteiger charge is -2.32. The van der Waals surface area contributed by atoms with E-state index in [1.54, 1.807) is 36.5 Å². The minimum absolute atomic E-state index is 0.334. The van der Waals surface area contributed by atoms with Crippen LogP contribution < -0.4 is 4.74 Å². The van der Waals surface area contributed by atoms with E-state index >= 15 is 0 Å². The molecule has 0 bridgehead atoms. The highest BCUT2D eigenvalue weighted by molar-refractivity contribution is 6.58. The summed E-state index contributed by atoms with van der Waals surface area (Å²) in [6.45, 7) is 5.09. The Balaban J connectivity index is 1.16. The summed E-state index contributed by atoms with van der Waals surface area (Å²) in [5, 5.41) is 0. The van der Waals surface area contributed by atoms with Crippen molar-refractivity contribution in [3.05, 3.63) is 54.1 Å². The van der Waals surface area contributed by atoms with Crippen molar-refractivity contribution in [3.63, 3.8) is 0 Å². The zero-order chi connectivity index (χ0) is 23.6. The van der Waals surface area contributed by atoms with Crippen LogP contribution >= 0.6 is 0 Å². The van der Waals surface area contributed by atoms with Gasteiger partial charge in [-0.05, 0) is 79.2 Å². The molecule has 1 nitrogen and oxygen atoms in total. The fourth-order valence-electron chi connectivity index (χ4n) is 6.61. The largest absolute Gasteiger partial charge is 0.494 e. The molecular formula is C32H48OSi. The second-order valence-corrected chi connectivity index (χ2v) is 14.7. The van der Waals surface area contributed by atoms with Gasteiger partial charge in [0.2, 0.25) is 0 Å². The quantitative estimate of drug-likeness (QED) is 0.232. The number of ether oxygens (including phenoxy) is 1. The average molecular weight is 477 g/mol. The third kappa shape index (κ3) is 7.48. The van der Waals surface area contributed by atoms with Gasteiger partial charge in [-0.25, -0.2) is 0 Å². The first-order valence-electron chi connectivity index (χ1n) is 14.6. The molecule has 2 aromatic rings. The highest BCUT2D eigenvalue weighted by atomic mass is 28.3. The maximum absolute atomic E-state index is 5.58. The van der Waals surface area contributed by atoms with E-state index in [2.05, 4.69) is 55.5 Å². The van der Waals surface area contributed by atoms with Gasteiger partial charge in [0.05, 0.1) is 6.61 Å². The summed E-state index contributed by atoms with van der Waals surface area (Å²) in [6, 6.07) is 22.9. The van der Waals surface area contributed by atoms with Crippen molar-refractivity contribution < 1.29 is 4.74 Å². The molecule has 0 radical (unpaired) electrons. The molecule has 2 aliphatic rings. The van der Waals surface area contributed by atoms with Gasteiger partial charge in [-0.3, -0.25) is 0 Å². The van der Waals surface area contributed by atoms with Crippen LogP contribution in [0.15, 0.2) is 48.5 Å². The first kappa shape index (κ1) is 25.5. The van der Waals surface area contributed by atoms with E-state index in [4.69, 9.17) is 4.74 Å². The van der Waals surface area contributed by atoms with Crippen LogP contribution in [0.25, 0.3) is 11.1 Å². The Labute approximate surface area is 211 Å². The summed E-state index contributed by atoms with van der Waals surface area (Å²) in [7, 11) is -0.334. The zero-order valence-corrected chi connectivity index (χ0v) is 23.1. The van der Waals surface area contributed by atoms with Crippen molar-refractivity contribution in [2.45, 2.75) is 109 Å². The molecule has 2 heteroatoms. The Morgan fingerprint density at radius 2 is 1.29 bits per heavy atom. The lowest BCUT2D eigenvalue weighted by Crippen LogP contribution is -2.22. The number of hydrogen-bond donors (Lipinski definition) is 0. The number of rotatable bonds is 11. The maximum atomic E-state index is 5.58. The van der Waals surface area contributed by atoms with E-state index in [-0.39, 0.29) is 8.80 Å². The molecule has 0 atom stereocenters. The van der Waals surface area contributed by atoms with Crippen LogP contribution in [0.2, 0.25) is 18.1 Å². The van der Waals surface area contributed by atoms with Crippen molar-refractivity contribution in [1.82, 2.24) is 0 Å². The summed E-state index contributed by atoms with van der Waals surface area (Å²) in [5.41, 5.74) is 4.14. The minimum atomic E-state index is -0.334. The van der Waals surface area contributed by atoms with Gasteiger partial charge in [-0.1, -0.05) is 106 Å². The van der Waals surface area contributed by atoms with Crippen LogP contribution in [0.3, 0.4) is 0 Å². The van der Waals surface area contributed by atoms with Crippen LogP contribution in [0.4, 0.5) is 0 Å². The molecule has 0 amide bonds. The number of hydrogen-bond acceptors (Lipinski definition) is 1. The summed E-state index contributed by atoms with van der Waals surface area (Å²) in [4.78, 5) is 0. The molecule has 0 spiro atoms. The predicted octanol–water partition coefficient (Wildman–Crippen LogP) is 9.63. The van der Waals surface area contributed by atoms with Crippen LogP contribution in [-0.4, -0.2) is 15.4 Å². The van der Waals surface area contributed by atoms with Crippen molar-refractivity contribution in [2.75, 3.05) is 6.61 Å². The van der Waals surface area contributed by atoms with Gasteiger partial charge in [0.25, 0.3) is 0 Å². The topological polar surface area (TPSA) is 9.23 Å². The molecule has 4 rings (SSSR count). The van der Waals surface area contributed by atoms with Crippen molar-refractivity contribution in [3.8, 4) is 16.9 Å². The third-order valence-corrected chi connectivity index (χ3v) is 12.4. The summed E-state index contributed by atoms with van der Waals surface area (Å²) >= 11 is 0. The van der Waals surface area contributed by atoms with E-state index in [1.807, 2.05) is 6.92 Å². The molecule has 1 aliphatic carbocycles. The molecular weight excluding hydrogens is 428 g/mol. The fourth-order valence-corrected chi connectivity index (χ4v) is 10.2. The standard InChI is InChI=1S/C32H48OSi/c1-3-5-6-23-34-24-21-27(22-25-34)8-7-26-9-11-28(12-10-26)29-13-15-30(16-14-29)31-17-19-32(20-18-31)33-4-2/h13-20,26-28,34H,3-12,21-25H2,1-2H3/t26?,27-,28?,34-. The highest BCUT2D eigenvalue weighted by Gasteiger charge is 2.25. The molecule has 0 N–H and O–H groups in total. The molecule has 1 saturated carbocycles. The molecule has 2 aromatic carbocycles. The molecule has 1 heterocycles. The van der Waals surface area contributed by atoms with Gasteiger partial charge in [-0.2, -0.15) is 0 Å². The third-order valence-electron chi connectivity index (χ3n) is 8.89. The molecule has 34 heavy (non-hydrogen) atoms. The van der Waals surface area contributed by atoms with Gasteiger partial charge in [0.15, 0.2) is 0 Å². The van der Waals surface area contributed by atoms with E-state index in [9.17, 15) is 0 Å². The Kier molecular flexibility index (Phi) is 10.2. The molecule has 1 aliphatic heterocycles. The van der Waals surface area contributed by atoms with Crippen LogP contribution in [0.5, 0.6) is 5.75 Å². The van der Waals surface area contributed by atoms with Crippen LogP contribution in [0.1, 0.15) is 96.0 Å². The minimum Gasteiger partial charge on any atom is -0.494 e. The maximum Gasteiger partial charge on any atom is 0.119 e. The molecule has 1 saturated heterocycles. The fraction of sp³-hybridized carbons (Fsp3) is 0.625. The van der Waals surface area contributed by atoms with Gasteiger partial charge in [0.1, 0.15) is 5.75 Å². The smallest absolute Gasteiger partial charge is 0.119 e. The summed E-state index contributed by atoms with van der Waals surface area (Å²) < 4.78 is 5.58. The summed E-state index contributed by atoms with van der Waals surface area (Å²) in [5.74, 6) is 3.80. The molecule has 0 unspecified atom stereocenters. The Morgan fingerprint density at radius 1 is 0.706 bits per heavy atom. The lowest BCUT2D eigenvalue weighted by atomic mass is 9.76. The summed E-state index contributed by atoms with van der Waals surface area (Å²) in [6.07, 6.45) is 16.3. The van der Waals surface area contributed by atoms with E-state index < -0.39 is 0 Å². The second-order valence-electron chi connectivity index (χ2n) is 11.3. The average Bonchev–Trinajstić information content (AvgIpc) is 2.89. The molecule has 0 aromatic heterocycles. The van der Waals surface area contributed by atoms with Gasteiger partial charge in [-0.15, -0.1) is 0 Å². The predicted molar refractivity (Wildman–Crippen MR) is 151 cm³/mol. The van der Waals surface area contributed by atoms with E-state index in [0.717, 1.165) is 30.1 Å². The van der Waals surface area contributed by atoms with Crippen LogP contribution in [0, 0.1) is 11.8 Å². The Hall–Kier alpha value is -1.54. The highest BCUT2D eigenvalue weighted by Crippen LogP contribution is 2.40. The van der Waals surface area contributed by atoms with Gasteiger partial charge < -0.3 is 4.74 Å². The Morgan fingerprint density at radius 3 is 1.88 bits per heavy atom. The van der Waals surface area contributed by atoms with E-state index in [1.165, 1.54) is 68.9 Å². The zero-order valence-electron chi connectivity index (χ0n) is 21.9. The number of unbranched alkanes of at least 4 members (excludes halogenated alkanes) is 2. The Bertz CT molecular complexity index is 811. The van der Waals surface area contributed by atoms with Gasteiger partial charge in [0, 0.05) is 8.80 Å². The molecule has 186 valence electrons. The normalized spacial score (nSPS) is 25.2. The van der Waals surface area contributed by atoms with Crippen LogP contribution in [-0.2, 0) is 0 Å². The SMILES string of the molecule is CCCCC[Si@H]1CC[C@H](CCC2CCC(c3ccc(-c4ccc(OCC)cc4)cc3)CC2)CC1. The van der Waals surface area contributed by atoms with E-state index in [0.29, 0.717) is 0 Å². The monoisotopic (exact) mass is 476 g/mol.